The summed E-state index contributed by atoms with van der Waals surface area (Å²) in [4.78, 5) is 13.5. The molecule has 0 N–H and O–H groups in total. The zero-order valence-corrected chi connectivity index (χ0v) is 28.3. The van der Waals surface area contributed by atoms with E-state index in [-0.39, 0.29) is 12.1 Å². The van der Waals surface area contributed by atoms with E-state index in [1.807, 2.05) is 42.1 Å². The molecule has 3 aromatic rings. The van der Waals surface area contributed by atoms with Gasteiger partial charge in [-0.1, -0.05) is 34.4 Å². The number of aromatic nitrogens is 1. The van der Waals surface area contributed by atoms with Crippen LogP contribution >= 0.6 is 35.0 Å². The average molecular weight is 671 g/mol. The van der Waals surface area contributed by atoms with Crippen LogP contribution in [0.4, 0.5) is 0 Å². The molecule has 2 heterocycles. The highest BCUT2D eigenvalue weighted by Gasteiger charge is 2.42. The smallest absolute Gasteiger partial charge is 0.338 e. The number of thioether (sulfide) groups is 1. The number of esters is 1. The number of methoxy groups -OCH3 is 2. The first-order valence-electron chi connectivity index (χ1n) is 16.4. The van der Waals surface area contributed by atoms with Crippen molar-refractivity contribution in [2.75, 3.05) is 14.2 Å². The fourth-order valence-corrected chi connectivity index (χ4v) is 10.1. The van der Waals surface area contributed by atoms with Gasteiger partial charge < -0.3 is 18.7 Å². The number of fused-ring (bicyclic) bond motifs is 2. The molecular formula is C36H41Cl2NO5S. The molecule has 6 nitrogen and oxygen atoms in total. The van der Waals surface area contributed by atoms with E-state index >= 15 is 0 Å². The van der Waals surface area contributed by atoms with Gasteiger partial charge in [-0.2, -0.15) is 0 Å². The van der Waals surface area contributed by atoms with Gasteiger partial charge in [0.25, 0.3) is 0 Å². The normalized spacial score (nSPS) is 25.9. The van der Waals surface area contributed by atoms with Crippen LogP contribution in [0.15, 0.2) is 39.8 Å². The molecule has 1 aromatic heterocycles. The largest absolute Gasteiger partial charge is 0.496 e. The number of carbonyl (C=O) groups excluding carboxylic acids is 1. The van der Waals surface area contributed by atoms with Crippen LogP contribution in [-0.2, 0) is 22.5 Å². The molecule has 0 spiro atoms. The summed E-state index contributed by atoms with van der Waals surface area (Å²) in [6, 6.07) is 9.37. The van der Waals surface area contributed by atoms with Crippen molar-refractivity contribution >= 4 is 40.9 Å². The van der Waals surface area contributed by atoms with Crippen molar-refractivity contribution in [3.05, 3.63) is 62.8 Å². The molecule has 240 valence electrons. The maximum atomic E-state index is 12.3. The monoisotopic (exact) mass is 669 g/mol. The Morgan fingerprint density at radius 2 is 1.78 bits per heavy atom. The van der Waals surface area contributed by atoms with Crippen LogP contribution in [0.25, 0.3) is 11.3 Å². The van der Waals surface area contributed by atoms with E-state index in [2.05, 4.69) is 5.16 Å². The highest BCUT2D eigenvalue weighted by molar-refractivity contribution is 8.00. The molecule has 1 aliphatic heterocycles. The maximum absolute atomic E-state index is 12.3. The summed E-state index contributed by atoms with van der Waals surface area (Å²) < 4.78 is 23.1. The quantitative estimate of drug-likeness (QED) is 0.199. The van der Waals surface area contributed by atoms with Crippen molar-refractivity contribution in [1.29, 1.82) is 0 Å². The Morgan fingerprint density at radius 1 is 1.02 bits per heavy atom. The van der Waals surface area contributed by atoms with Gasteiger partial charge in [-0.15, -0.1) is 11.8 Å². The van der Waals surface area contributed by atoms with Gasteiger partial charge in [0, 0.05) is 32.8 Å². The second-order valence-corrected chi connectivity index (χ2v) is 15.5. The SMILES string of the molecule is COC(=O)c1cc(OC)c2c(c1)SC(CCC1CC3CC(OCc4c(-c5c(Cl)cccc5Cl)noc4C4CC4)C[C@H]3C1)CCC2. The molecule has 45 heavy (non-hydrogen) atoms. The Kier molecular flexibility index (Phi) is 9.43. The molecule has 4 unspecified atom stereocenters. The standard InChI is InChI=1S/C36H41Cl2NO5S/c1-41-31-17-24(36(40)42-2)18-32-27(31)6-3-5-26(45-32)12-9-20-13-22-15-25(16-23(22)14-20)43-19-28-34(39-44-35(28)21-10-11-21)33-29(37)7-4-8-30(33)38/h4,7-8,17-18,20-23,25-26H,3,5-6,9-16,19H2,1-2H3/t20?,22-,23?,25?,26?/m1/s1. The third-order valence-corrected chi connectivity index (χ3v) is 12.5. The summed E-state index contributed by atoms with van der Waals surface area (Å²) in [5.41, 5.74) is 4.28. The lowest BCUT2D eigenvalue weighted by Gasteiger charge is -2.19. The summed E-state index contributed by atoms with van der Waals surface area (Å²) in [6.45, 7) is 0.489. The van der Waals surface area contributed by atoms with Gasteiger partial charge in [-0.25, -0.2) is 4.79 Å². The molecule has 2 aromatic carbocycles. The van der Waals surface area contributed by atoms with E-state index in [0.717, 1.165) is 84.6 Å². The van der Waals surface area contributed by atoms with Gasteiger partial charge in [-0.3, -0.25) is 0 Å². The predicted octanol–water partition coefficient (Wildman–Crippen LogP) is 9.92. The van der Waals surface area contributed by atoms with Gasteiger partial charge in [-0.05, 0) is 113 Å². The zero-order chi connectivity index (χ0) is 31.1. The summed E-state index contributed by atoms with van der Waals surface area (Å²) in [5, 5.41) is 6.15. The molecule has 0 radical (unpaired) electrons. The first kappa shape index (κ1) is 31.4. The van der Waals surface area contributed by atoms with Gasteiger partial charge >= 0.3 is 5.97 Å². The minimum atomic E-state index is -0.313. The topological polar surface area (TPSA) is 70.8 Å². The molecule has 0 amide bonds. The number of ether oxygens (including phenoxy) is 3. The predicted molar refractivity (Wildman–Crippen MR) is 178 cm³/mol. The van der Waals surface area contributed by atoms with Crippen LogP contribution in [0.1, 0.15) is 97.4 Å². The number of hydrogen-bond acceptors (Lipinski definition) is 7. The van der Waals surface area contributed by atoms with E-state index in [4.69, 9.17) is 41.9 Å². The average Bonchev–Trinajstić information content (AvgIpc) is 3.60. The Hall–Kier alpha value is -2.19. The van der Waals surface area contributed by atoms with E-state index in [1.54, 1.807) is 7.11 Å². The molecule has 0 saturated heterocycles. The Morgan fingerprint density at radius 3 is 2.47 bits per heavy atom. The van der Waals surface area contributed by atoms with E-state index in [9.17, 15) is 4.79 Å². The molecule has 4 aliphatic rings. The second-order valence-electron chi connectivity index (χ2n) is 13.4. The van der Waals surface area contributed by atoms with Crippen LogP contribution in [0.2, 0.25) is 10.0 Å². The van der Waals surface area contributed by atoms with Crippen LogP contribution in [0, 0.1) is 17.8 Å². The van der Waals surface area contributed by atoms with Crippen molar-refractivity contribution in [1.82, 2.24) is 5.16 Å². The summed E-state index contributed by atoms with van der Waals surface area (Å²) >= 11 is 15.0. The van der Waals surface area contributed by atoms with Crippen molar-refractivity contribution < 1.29 is 23.5 Å². The zero-order valence-electron chi connectivity index (χ0n) is 26.0. The van der Waals surface area contributed by atoms with Crippen molar-refractivity contribution in [2.24, 2.45) is 17.8 Å². The molecule has 5 atom stereocenters. The highest BCUT2D eigenvalue weighted by atomic mass is 35.5. The fraction of sp³-hybridized carbons (Fsp3) is 0.556. The third-order valence-electron chi connectivity index (χ3n) is 10.5. The molecule has 3 saturated carbocycles. The van der Waals surface area contributed by atoms with Crippen molar-refractivity contribution in [3.63, 3.8) is 0 Å². The minimum absolute atomic E-state index is 0.269. The van der Waals surface area contributed by atoms with Crippen LogP contribution in [0.3, 0.4) is 0 Å². The van der Waals surface area contributed by atoms with Gasteiger partial charge in [0.15, 0.2) is 0 Å². The van der Waals surface area contributed by atoms with E-state index < -0.39 is 0 Å². The van der Waals surface area contributed by atoms with Crippen LogP contribution in [0.5, 0.6) is 5.75 Å². The van der Waals surface area contributed by atoms with Crippen molar-refractivity contribution in [3.8, 4) is 17.0 Å². The number of carbonyl (C=O) groups is 1. The van der Waals surface area contributed by atoms with E-state index in [0.29, 0.717) is 33.4 Å². The number of hydrogen-bond donors (Lipinski definition) is 0. The molecular weight excluding hydrogens is 629 g/mol. The number of halogens is 2. The first-order chi connectivity index (χ1) is 21.9. The van der Waals surface area contributed by atoms with Crippen molar-refractivity contribution in [2.45, 2.75) is 99.4 Å². The molecule has 0 bridgehead atoms. The second kappa shape index (κ2) is 13.5. The first-order valence-corrected chi connectivity index (χ1v) is 18.1. The van der Waals surface area contributed by atoms with E-state index in [1.165, 1.54) is 49.7 Å². The summed E-state index contributed by atoms with van der Waals surface area (Å²) in [5.74, 6) is 4.14. The molecule has 3 aliphatic carbocycles. The Balaban J connectivity index is 0.936. The van der Waals surface area contributed by atoms with Gasteiger partial charge in [0.2, 0.25) is 0 Å². The number of rotatable bonds is 10. The maximum Gasteiger partial charge on any atom is 0.338 e. The minimum Gasteiger partial charge on any atom is -0.496 e. The number of benzene rings is 2. The van der Waals surface area contributed by atoms with Gasteiger partial charge in [0.05, 0.1) is 42.5 Å². The molecule has 7 rings (SSSR count). The summed E-state index contributed by atoms with van der Waals surface area (Å²) in [7, 11) is 3.11. The number of nitrogens with zero attached hydrogens (tertiary/aromatic N) is 1. The lowest BCUT2D eigenvalue weighted by atomic mass is 9.95. The lowest BCUT2D eigenvalue weighted by Crippen LogP contribution is -2.12. The Bertz CT molecular complexity index is 1520. The summed E-state index contributed by atoms with van der Waals surface area (Å²) in [6.07, 6.45) is 13.2. The third kappa shape index (κ3) is 6.65. The Labute approximate surface area is 279 Å². The van der Waals surface area contributed by atoms with Gasteiger partial charge in [0.1, 0.15) is 17.2 Å². The molecule has 3 fully saturated rings. The highest BCUT2D eigenvalue weighted by Crippen LogP contribution is 2.51. The lowest BCUT2D eigenvalue weighted by molar-refractivity contribution is 0.0382. The van der Waals surface area contributed by atoms with Crippen LogP contribution < -0.4 is 4.74 Å². The van der Waals surface area contributed by atoms with Crippen LogP contribution in [-0.4, -0.2) is 36.7 Å². The fourth-order valence-electron chi connectivity index (χ4n) is 8.07. The molecule has 9 heteroatoms.